The van der Waals surface area contributed by atoms with Crippen LogP contribution < -0.4 is 5.73 Å². The van der Waals surface area contributed by atoms with E-state index in [0.717, 1.165) is 26.0 Å². The highest BCUT2D eigenvalue weighted by Gasteiger charge is 2.05. The SMILES string of the molecule is NCc1ccc(Sc2cc3ccccc3[nH]2)cc1Cl. The van der Waals surface area contributed by atoms with E-state index in [9.17, 15) is 0 Å². The number of hydrogen-bond acceptors (Lipinski definition) is 2. The molecule has 0 saturated carbocycles. The van der Waals surface area contributed by atoms with E-state index >= 15 is 0 Å². The highest BCUT2D eigenvalue weighted by atomic mass is 35.5. The summed E-state index contributed by atoms with van der Waals surface area (Å²) >= 11 is 7.84. The number of nitrogens with two attached hydrogens (primary N) is 1. The first-order valence-electron chi connectivity index (χ1n) is 6.00. The van der Waals surface area contributed by atoms with E-state index in [2.05, 4.69) is 23.2 Å². The Morgan fingerprint density at radius 3 is 2.68 bits per heavy atom. The summed E-state index contributed by atoms with van der Waals surface area (Å²) in [7, 11) is 0. The van der Waals surface area contributed by atoms with Gasteiger partial charge in [-0.3, -0.25) is 0 Å². The molecule has 0 saturated heterocycles. The normalized spacial score (nSPS) is 11.1. The summed E-state index contributed by atoms with van der Waals surface area (Å²) in [6.07, 6.45) is 0. The summed E-state index contributed by atoms with van der Waals surface area (Å²) in [6, 6.07) is 16.4. The molecule has 0 spiro atoms. The maximum absolute atomic E-state index is 6.17. The van der Waals surface area contributed by atoms with Crippen LogP contribution in [0.1, 0.15) is 5.56 Å². The number of aromatic amines is 1. The van der Waals surface area contributed by atoms with Gasteiger partial charge in [0.05, 0.1) is 5.03 Å². The van der Waals surface area contributed by atoms with Gasteiger partial charge >= 0.3 is 0 Å². The van der Waals surface area contributed by atoms with Crippen molar-refractivity contribution in [2.45, 2.75) is 16.5 Å². The maximum Gasteiger partial charge on any atom is 0.0780 e. The van der Waals surface area contributed by atoms with Crippen molar-refractivity contribution in [3.8, 4) is 0 Å². The van der Waals surface area contributed by atoms with Gasteiger partial charge in [0.2, 0.25) is 0 Å². The van der Waals surface area contributed by atoms with Gasteiger partial charge in [-0.25, -0.2) is 0 Å². The number of benzene rings is 2. The van der Waals surface area contributed by atoms with E-state index in [4.69, 9.17) is 17.3 Å². The predicted molar refractivity (Wildman–Crippen MR) is 81.8 cm³/mol. The molecule has 2 nitrogen and oxygen atoms in total. The molecule has 0 fully saturated rings. The topological polar surface area (TPSA) is 41.8 Å². The molecule has 3 rings (SSSR count). The van der Waals surface area contributed by atoms with Gasteiger partial charge in [-0.15, -0.1) is 0 Å². The Morgan fingerprint density at radius 1 is 1.11 bits per heavy atom. The quantitative estimate of drug-likeness (QED) is 0.748. The van der Waals surface area contributed by atoms with E-state index in [1.165, 1.54) is 5.39 Å². The molecular formula is C15H13ClN2S. The van der Waals surface area contributed by atoms with Crippen molar-refractivity contribution in [2.24, 2.45) is 5.73 Å². The minimum Gasteiger partial charge on any atom is -0.349 e. The standard InChI is InChI=1S/C15H13ClN2S/c16-13-8-12(6-5-11(13)9-17)19-15-7-10-3-1-2-4-14(10)18-15/h1-8,18H,9,17H2. The molecule has 0 aliphatic carbocycles. The number of fused-ring (bicyclic) bond motifs is 1. The van der Waals surface area contributed by atoms with Crippen molar-refractivity contribution in [2.75, 3.05) is 0 Å². The third-order valence-electron chi connectivity index (χ3n) is 2.98. The monoisotopic (exact) mass is 288 g/mol. The van der Waals surface area contributed by atoms with Crippen molar-refractivity contribution < 1.29 is 0 Å². The van der Waals surface area contributed by atoms with Gasteiger partial charge in [0.15, 0.2) is 0 Å². The first kappa shape index (κ1) is 12.6. The second-order valence-electron chi connectivity index (χ2n) is 4.28. The zero-order valence-corrected chi connectivity index (χ0v) is 11.8. The molecule has 19 heavy (non-hydrogen) atoms. The number of para-hydroxylation sites is 1. The lowest BCUT2D eigenvalue weighted by Gasteiger charge is -2.04. The molecule has 0 unspecified atom stereocenters. The Bertz CT molecular complexity index is 688. The van der Waals surface area contributed by atoms with E-state index in [1.54, 1.807) is 11.8 Å². The van der Waals surface area contributed by atoms with E-state index in [1.807, 2.05) is 30.3 Å². The lowest BCUT2D eigenvalue weighted by atomic mass is 10.2. The van der Waals surface area contributed by atoms with Crippen LogP contribution in [0.2, 0.25) is 5.02 Å². The summed E-state index contributed by atoms with van der Waals surface area (Å²) in [5.41, 5.74) is 7.73. The molecule has 96 valence electrons. The molecule has 0 bridgehead atoms. The van der Waals surface area contributed by atoms with Gasteiger partial charge in [-0.1, -0.05) is 47.6 Å². The number of nitrogens with one attached hydrogen (secondary N) is 1. The minimum absolute atomic E-state index is 0.468. The highest BCUT2D eigenvalue weighted by molar-refractivity contribution is 7.99. The average molecular weight is 289 g/mol. The Hall–Kier alpha value is -1.42. The van der Waals surface area contributed by atoms with Gasteiger partial charge in [0.1, 0.15) is 0 Å². The Morgan fingerprint density at radius 2 is 1.95 bits per heavy atom. The lowest BCUT2D eigenvalue weighted by molar-refractivity contribution is 1.07. The number of aromatic nitrogens is 1. The third-order valence-corrected chi connectivity index (χ3v) is 4.26. The van der Waals surface area contributed by atoms with E-state index < -0.39 is 0 Å². The summed E-state index contributed by atoms with van der Waals surface area (Å²) in [5, 5.41) is 3.05. The van der Waals surface area contributed by atoms with Gasteiger partial charge in [-0.05, 0) is 29.8 Å². The summed E-state index contributed by atoms with van der Waals surface area (Å²) < 4.78 is 0. The van der Waals surface area contributed by atoms with E-state index in [-0.39, 0.29) is 0 Å². The number of halogens is 1. The number of H-pyrrole nitrogens is 1. The van der Waals surface area contributed by atoms with Crippen molar-refractivity contribution in [3.05, 3.63) is 59.1 Å². The Kier molecular flexibility index (Phi) is 3.51. The van der Waals surface area contributed by atoms with Crippen LogP contribution >= 0.6 is 23.4 Å². The van der Waals surface area contributed by atoms with Gasteiger partial charge in [-0.2, -0.15) is 0 Å². The summed E-state index contributed by atoms with van der Waals surface area (Å²) in [5.74, 6) is 0. The first-order chi connectivity index (χ1) is 9.26. The molecule has 4 heteroatoms. The molecule has 0 aliphatic rings. The summed E-state index contributed by atoms with van der Waals surface area (Å²) in [4.78, 5) is 4.49. The van der Waals surface area contributed by atoms with Crippen LogP contribution in [-0.4, -0.2) is 4.98 Å². The van der Waals surface area contributed by atoms with Gasteiger partial charge < -0.3 is 10.7 Å². The molecule has 0 atom stereocenters. The smallest absolute Gasteiger partial charge is 0.0780 e. The van der Waals surface area contributed by atoms with Crippen LogP contribution in [0.15, 0.2) is 58.5 Å². The largest absolute Gasteiger partial charge is 0.349 e. The molecule has 0 radical (unpaired) electrons. The molecule has 1 heterocycles. The van der Waals surface area contributed by atoms with Crippen LogP contribution in [0.5, 0.6) is 0 Å². The minimum atomic E-state index is 0.468. The molecule has 1 aromatic heterocycles. The fourth-order valence-corrected chi connectivity index (χ4v) is 3.22. The summed E-state index contributed by atoms with van der Waals surface area (Å²) in [6.45, 7) is 0.468. The molecule has 3 aromatic rings. The van der Waals surface area contributed by atoms with Crippen LogP contribution in [-0.2, 0) is 6.54 Å². The zero-order chi connectivity index (χ0) is 13.2. The number of rotatable bonds is 3. The third kappa shape index (κ3) is 2.63. The van der Waals surface area contributed by atoms with Crippen LogP contribution in [0, 0.1) is 0 Å². The van der Waals surface area contributed by atoms with Crippen LogP contribution in [0.25, 0.3) is 10.9 Å². The zero-order valence-electron chi connectivity index (χ0n) is 10.2. The number of hydrogen-bond donors (Lipinski definition) is 2. The second-order valence-corrected chi connectivity index (χ2v) is 5.80. The van der Waals surface area contributed by atoms with Crippen LogP contribution in [0.4, 0.5) is 0 Å². The molecule has 0 amide bonds. The van der Waals surface area contributed by atoms with Crippen molar-refractivity contribution >= 4 is 34.3 Å². The molecule has 2 aromatic carbocycles. The molecule has 0 aliphatic heterocycles. The molecule has 3 N–H and O–H groups in total. The van der Waals surface area contributed by atoms with Crippen molar-refractivity contribution in [1.29, 1.82) is 0 Å². The van der Waals surface area contributed by atoms with Crippen LogP contribution in [0.3, 0.4) is 0 Å². The van der Waals surface area contributed by atoms with Crippen molar-refractivity contribution in [3.63, 3.8) is 0 Å². The average Bonchev–Trinajstić information content (AvgIpc) is 2.81. The fourth-order valence-electron chi connectivity index (χ4n) is 1.99. The Balaban J connectivity index is 1.90. The van der Waals surface area contributed by atoms with Crippen molar-refractivity contribution in [1.82, 2.24) is 4.98 Å². The molecular weight excluding hydrogens is 276 g/mol. The Labute approximate surface area is 121 Å². The first-order valence-corrected chi connectivity index (χ1v) is 7.20. The van der Waals surface area contributed by atoms with Gasteiger partial charge in [0, 0.05) is 27.4 Å². The lowest BCUT2D eigenvalue weighted by Crippen LogP contribution is -1.96. The predicted octanol–water partition coefficient (Wildman–Crippen LogP) is 4.43. The van der Waals surface area contributed by atoms with E-state index in [0.29, 0.717) is 6.54 Å². The fraction of sp³-hybridized carbons (Fsp3) is 0.0667. The maximum atomic E-state index is 6.17. The van der Waals surface area contributed by atoms with Gasteiger partial charge in [0.25, 0.3) is 0 Å². The highest BCUT2D eigenvalue weighted by Crippen LogP contribution is 2.32. The second kappa shape index (κ2) is 5.29.